The van der Waals surface area contributed by atoms with Crippen LogP contribution in [-0.2, 0) is 16.3 Å². The normalized spacial score (nSPS) is 11.5. The Morgan fingerprint density at radius 2 is 2.04 bits per heavy atom. The Morgan fingerprint density at radius 3 is 2.70 bits per heavy atom. The average molecular weight is 325 g/mol. The zero-order chi connectivity index (χ0) is 16.6. The predicted molar refractivity (Wildman–Crippen MR) is 87.8 cm³/mol. The Hall–Kier alpha value is -2.65. The molecule has 0 fully saturated rings. The molecule has 0 radical (unpaired) electrons. The molecule has 2 heterocycles. The molecule has 0 bridgehead atoms. The number of nitrogens with zero attached hydrogens (tertiary/aromatic N) is 3. The summed E-state index contributed by atoms with van der Waals surface area (Å²) in [7, 11) is -3.45. The minimum Gasteiger partial charge on any atom is -0.237 e. The maximum absolute atomic E-state index is 12.2. The number of sulfone groups is 1. The number of hydrogen-bond acceptors (Lipinski definition) is 4. The highest BCUT2D eigenvalue weighted by atomic mass is 32.2. The highest BCUT2D eigenvalue weighted by Gasteiger charge is 2.20. The van der Waals surface area contributed by atoms with E-state index < -0.39 is 9.84 Å². The fraction of sp³-hybridized carbons (Fsp3) is 0.176. The highest BCUT2D eigenvalue weighted by molar-refractivity contribution is 7.90. The molecule has 0 aliphatic carbocycles. The molecule has 0 unspecified atom stereocenters. The minimum atomic E-state index is -3.45. The van der Waals surface area contributed by atoms with Crippen molar-refractivity contribution >= 4 is 15.4 Å². The maximum atomic E-state index is 12.2. The van der Waals surface area contributed by atoms with Gasteiger partial charge in [-0.3, -0.25) is 0 Å². The second-order valence-electron chi connectivity index (χ2n) is 5.32. The first-order valence-electron chi connectivity index (χ1n) is 7.16. The van der Waals surface area contributed by atoms with Crippen LogP contribution in [0.5, 0.6) is 0 Å². The van der Waals surface area contributed by atoms with Crippen LogP contribution in [0.15, 0.2) is 47.5 Å². The van der Waals surface area contributed by atoms with Crippen molar-refractivity contribution in [2.75, 3.05) is 6.26 Å². The molecule has 116 valence electrons. The summed E-state index contributed by atoms with van der Waals surface area (Å²) in [5.74, 6) is 0. The van der Waals surface area contributed by atoms with Gasteiger partial charge in [0.05, 0.1) is 28.2 Å². The van der Waals surface area contributed by atoms with Gasteiger partial charge in [-0.2, -0.15) is 10.4 Å². The molecule has 0 aliphatic rings. The van der Waals surface area contributed by atoms with E-state index in [1.165, 1.54) is 12.5 Å². The van der Waals surface area contributed by atoms with Crippen molar-refractivity contribution in [1.82, 2.24) is 9.61 Å². The molecule has 0 aliphatic heterocycles. The molecular weight excluding hydrogens is 310 g/mol. The summed E-state index contributed by atoms with van der Waals surface area (Å²) in [6.07, 6.45) is 3.34. The first kappa shape index (κ1) is 15.3. The fourth-order valence-electron chi connectivity index (χ4n) is 2.68. The molecule has 23 heavy (non-hydrogen) atoms. The number of fused-ring (bicyclic) bond motifs is 1. The summed E-state index contributed by atoms with van der Waals surface area (Å²) < 4.78 is 26.1. The molecule has 0 amide bonds. The van der Waals surface area contributed by atoms with Crippen LogP contribution >= 0.6 is 0 Å². The molecular formula is C17H15N3O2S. The Balaban J connectivity index is 2.44. The van der Waals surface area contributed by atoms with E-state index in [0.717, 1.165) is 17.6 Å². The van der Waals surface area contributed by atoms with Crippen LogP contribution in [-0.4, -0.2) is 24.3 Å². The van der Waals surface area contributed by atoms with Crippen LogP contribution in [0.4, 0.5) is 0 Å². The maximum Gasteiger partial charge on any atom is 0.177 e. The summed E-state index contributed by atoms with van der Waals surface area (Å²) in [4.78, 5) is 0.167. The van der Waals surface area contributed by atoms with Gasteiger partial charge in [-0.1, -0.05) is 19.1 Å². The third-order valence-corrected chi connectivity index (χ3v) is 4.88. The number of nitriles is 1. The summed E-state index contributed by atoms with van der Waals surface area (Å²) in [5.41, 5.74) is 3.48. The van der Waals surface area contributed by atoms with E-state index in [2.05, 4.69) is 11.2 Å². The first-order chi connectivity index (χ1) is 11.0. The lowest BCUT2D eigenvalue weighted by Crippen LogP contribution is -2.06. The van der Waals surface area contributed by atoms with Gasteiger partial charge in [0.1, 0.15) is 0 Å². The van der Waals surface area contributed by atoms with Crippen molar-refractivity contribution in [3.05, 3.63) is 53.9 Å². The standard InChI is InChI=1S/C17H15N3O2S/c1-3-14-7-8-15-17(13-6-4-5-12(9-13)10-18)16(23(2,21)22)11-19-20(14)15/h4-9,11H,3H2,1-2H3. The lowest BCUT2D eigenvalue weighted by molar-refractivity contribution is 0.601. The van der Waals surface area contributed by atoms with E-state index in [9.17, 15) is 8.42 Å². The van der Waals surface area contributed by atoms with Gasteiger partial charge in [0.25, 0.3) is 0 Å². The van der Waals surface area contributed by atoms with Crippen molar-refractivity contribution in [2.45, 2.75) is 18.2 Å². The van der Waals surface area contributed by atoms with Crippen LogP contribution in [0.3, 0.4) is 0 Å². The number of aryl methyl sites for hydroxylation is 1. The Kier molecular flexibility index (Phi) is 3.66. The van der Waals surface area contributed by atoms with Crippen molar-refractivity contribution in [3.8, 4) is 17.2 Å². The Morgan fingerprint density at radius 1 is 1.26 bits per heavy atom. The summed E-state index contributed by atoms with van der Waals surface area (Å²) in [6, 6.07) is 12.8. The molecule has 1 aromatic carbocycles. The van der Waals surface area contributed by atoms with Gasteiger partial charge >= 0.3 is 0 Å². The quantitative estimate of drug-likeness (QED) is 0.742. The molecule has 0 spiro atoms. The average Bonchev–Trinajstić information content (AvgIpc) is 2.96. The van der Waals surface area contributed by atoms with Crippen LogP contribution in [0.2, 0.25) is 0 Å². The van der Waals surface area contributed by atoms with Crippen LogP contribution in [0.25, 0.3) is 16.6 Å². The predicted octanol–water partition coefficient (Wildman–Crippen LogP) is 2.84. The van der Waals surface area contributed by atoms with Gasteiger partial charge in [-0.15, -0.1) is 0 Å². The van der Waals surface area contributed by atoms with E-state index in [1.54, 1.807) is 22.7 Å². The summed E-state index contributed by atoms with van der Waals surface area (Å²) in [6.45, 7) is 2.02. The zero-order valence-corrected chi connectivity index (χ0v) is 13.6. The minimum absolute atomic E-state index is 0.167. The van der Waals surface area contributed by atoms with Gasteiger partial charge in [0.15, 0.2) is 9.84 Å². The highest BCUT2D eigenvalue weighted by Crippen LogP contribution is 2.32. The number of aromatic nitrogens is 2. The summed E-state index contributed by atoms with van der Waals surface area (Å²) >= 11 is 0. The molecule has 6 heteroatoms. The second-order valence-corrected chi connectivity index (χ2v) is 7.31. The molecule has 5 nitrogen and oxygen atoms in total. The van der Waals surface area contributed by atoms with Gasteiger partial charge in [-0.25, -0.2) is 12.9 Å². The molecule has 0 saturated carbocycles. The van der Waals surface area contributed by atoms with Crippen LogP contribution < -0.4 is 0 Å². The van der Waals surface area contributed by atoms with Crippen molar-refractivity contribution in [2.24, 2.45) is 0 Å². The largest absolute Gasteiger partial charge is 0.237 e. The molecule has 3 rings (SSSR count). The van der Waals surface area contributed by atoms with Gasteiger partial charge in [0, 0.05) is 17.5 Å². The van der Waals surface area contributed by atoms with Crippen molar-refractivity contribution in [3.63, 3.8) is 0 Å². The lowest BCUT2D eigenvalue weighted by Gasteiger charge is -2.11. The van der Waals surface area contributed by atoms with Crippen LogP contribution in [0, 0.1) is 11.3 Å². The molecule has 0 saturated heterocycles. The van der Waals surface area contributed by atoms with Gasteiger partial charge in [0.2, 0.25) is 0 Å². The molecule has 0 atom stereocenters. The topological polar surface area (TPSA) is 75.2 Å². The third kappa shape index (κ3) is 2.60. The SMILES string of the molecule is CCc1ccc2c(-c3cccc(C#N)c3)c(S(C)(=O)=O)cnn12. The Bertz CT molecular complexity index is 1040. The van der Waals surface area contributed by atoms with Crippen LogP contribution in [0.1, 0.15) is 18.2 Å². The second kappa shape index (κ2) is 5.52. The monoisotopic (exact) mass is 325 g/mol. The summed E-state index contributed by atoms with van der Waals surface area (Å²) in [5, 5.41) is 13.4. The molecule has 3 aromatic rings. The fourth-order valence-corrected chi connectivity index (χ4v) is 3.51. The first-order valence-corrected chi connectivity index (χ1v) is 9.05. The van der Waals surface area contributed by atoms with Gasteiger partial charge in [-0.05, 0) is 36.2 Å². The number of rotatable bonds is 3. The van der Waals surface area contributed by atoms with Crippen molar-refractivity contribution in [1.29, 1.82) is 5.26 Å². The van der Waals surface area contributed by atoms with E-state index in [4.69, 9.17) is 5.26 Å². The smallest absolute Gasteiger partial charge is 0.177 e. The zero-order valence-electron chi connectivity index (χ0n) is 12.8. The number of benzene rings is 1. The van der Waals surface area contributed by atoms with E-state index in [0.29, 0.717) is 16.7 Å². The molecule has 0 N–H and O–H groups in total. The lowest BCUT2D eigenvalue weighted by atomic mass is 10.0. The van der Waals surface area contributed by atoms with E-state index >= 15 is 0 Å². The molecule has 2 aromatic heterocycles. The number of hydrogen-bond donors (Lipinski definition) is 0. The van der Waals surface area contributed by atoms with Gasteiger partial charge < -0.3 is 0 Å². The van der Waals surface area contributed by atoms with E-state index in [1.807, 2.05) is 25.1 Å². The van der Waals surface area contributed by atoms with E-state index in [-0.39, 0.29) is 4.90 Å². The third-order valence-electron chi connectivity index (χ3n) is 3.77. The Labute approximate surface area is 134 Å². The van der Waals surface area contributed by atoms with Crippen molar-refractivity contribution < 1.29 is 8.42 Å².